The number of aromatic carboxylic acids is 1. The molecule has 38 heteroatoms. The van der Waals surface area contributed by atoms with Crippen molar-refractivity contribution in [3.8, 4) is 6.07 Å². The second-order valence-electron chi connectivity index (χ2n) is 38.1. The van der Waals surface area contributed by atoms with E-state index >= 15 is 0 Å². The predicted octanol–water partition coefficient (Wildman–Crippen LogP) is 20.0. The molecule has 4 aromatic carbocycles. The number of Topliss-reactive ketones (excluding diaryl/α,β-unsaturated/α-hetero) is 7. The van der Waals surface area contributed by atoms with Gasteiger partial charge in [0.15, 0.2) is 17.3 Å². The van der Waals surface area contributed by atoms with Gasteiger partial charge in [0, 0.05) is 150 Å². The molecule has 139 heavy (non-hydrogen) atoms. The van der Waals surface area contributed by atoms with Crippen LogP contribution in [0.4, 0.5) is 0 Å². The molecule has 0 aliphatic heterocycles. The molecule has 0 spiro atoms. The molecule has 12 atom stereocenters. The smallest absolute Gasteiger partial charge is 0.352 e. The van der Waals surface area contributed by atoms with Crippen LogP contribution in [0.2, 0.25) is 40.2 Å². The molecular formula is C101H118Cl9N11O18. The van der Waals surface area contributed by atoms with Crippen molar-refractivity contribution < 1.29 is 86.5 Å². The van der Waals surface area contributed by atoms with Crippen LogP contribution in [-0.2, 0) is 62.2 Å². The number of carbonyl (C=O) groups is 15. The number of methoxy groups -OCH3 is 2. The Labute approximate surface area is 851 Å². The van der Waals surface area contributed by atoms with Gasteiger partial charge in [-0.25, -0.2) is 14.4 Å². The fraction of sp³-hybridized carbons (Fsp3) is 0.525. The second-order valence-corrected chi connectivity index (χ2v) is 41.5. The van der Waals surface area contributed by atoms with Crippen molar-refractivity contribution in [3.63, 3.8) is 0 Å². The number of nitrogens with one attached hydrogen (secondary N) is 8. The lowest BCUT2D eigenvalue weighted by Crippen LogP contribution is -2.50. The molecule has 8 fully saturated rings. The van der Waals surface area contributed by atoms with E-state index in [1.807, 2.05) is 0 Å². The molecule has 0 radical (unpaired) electrons. The lowest BCUT2D eigenvalue weighted by molar-refractivity contribution is -0.147. The largest absolute Gasteiger partial charge is 0.477 e. The molecule has 8 aromatic rings. The first-order valence-corrected chi connectivity index (χ1v) is 50.6. The van der Waals surface area contributed by atoms with Crippen molar-refractivity contribution in [1.82, 2.24) is 41.2 Å². The van der Waals surface area contributed by atoms with Gasteiger partial charge in [0.05, 0.1) is 63.5 Å². The van der Waals surface area contributed by atoms with E-state index < -0.39 is 71.8 Å². The maximum atomic E-state index is 13.3. The summed E-state index contributed by atoms with van der Waals surface area (Å²) in [6.07, 6.45) is 24.4. The molecule has 5 amide bonds. The van der Waals surface area contributed by atoms with E-state index in [1.54, 1.807) is 66.7 Å². The molecule has 13 N–H and O–H groups in total. The van der Waals surface area contributed by atoms with Gasteiger partial charge in [0.2, 0.25) is 29.5 Å². The third kappa shape index (κ3) is 32.3. The van der Waals surface area contributed by atoms with E-state index in [-0.39, 0.29) is 138 Å². The second kappa shape index (κ2) is 51.5. The summed E-state index contributed by atoms with van der Waals surface area (Å²) in [6, 6.07) is 17.9. The number of rotatable bonds is 37. The Bertz CT molecular complexity index is 5930. The van der Waals surface area contributed by atoms with Gasteiger partial charge < -0.3 is 67.3 Å². The first-order valence-electron chi connectivity index (χ1n) is 47.5. The number of hydrogen-bond donors (Lipinski definition) is 11. The fourth-order valence-electron chi connectivity index (χ4n) is 18.8. The van der Waals surface area contributed by atoms with Crippen molar-refractivity contribution in [3.05, 3.63) is 136 Å². The number of carbonyl (C=O) groups excluding carboxylic acids is 14. The minimum atomic E-state index is -1.02. The summed E-state index contributed by atoms with van der Waals surface area (Å²) in [6.45, 7) is 0. The number of halogens is 9. The number of hydrogen-bond acceptors (Lipinski definition) is 19. The zero-order chi connectivity index (χ0) is 99.5. The number of ketones is 7. The number of carboxylic acid groups (broad SMARTS) is 1. The highest BCUT2D eigenvalue weighted by molar-refractivity contribution is 6.41. The number of fused-ring (bicyclic) bond motifs is 4. The van der Waals surface area contributed by atoms with Crippen LogP contribution in [0.15, 0.2) is 72.8 Å². The van der Waals surface area contributed by atoms with Crippen LogP contribution in [0.1, 0.15) is 267 Å². The Balaban J connectivity index is 0.000000171. The van der Waals surface area contributed by atoms with Crippen LogP contribution in [-0.4, -0.2) is 157 Å². The van der Waals surface area contributed by atoms with Crippen molar-refractivity contribution in [2.24, 2.45) is 76.6 Å². The Kier molecular flexibility index (Phi) is 40.7. The number of aromatic nitrogens is 4. The van der Waals surface area contributed by atoms with Gasteiger partial charge in [-0.15, -0.1) is 12.4 Å². The Morgan fingerprint density at radius 3 is 0.942 bits per heavy atom. The van der Waals surface area contributed by atoms with Crippen molar-refractivity contribution >= 4 is 237 Å². The molecule has 8 aliphatic carbocycles. The summed E-state index contributed by atoms with van der Waals surface area (Å²) >= 11 is 48.6. The van der Waals surface area contributed by atoms with Crippen LogP contribution in [0.5, 0.6) is 0 Å². The van der Waals surface area contributed by atoms with Gasteiger partial charge in [0.25, 0.3) is 0 Å². The lowest BCUT2D eigenvalue weighted by Gasteiger charge is -2.26. The molecule has 0 bridgehead atoms. The number of H-pyrrole nitrogens is 4. The molecular weight excluding hydrogens is 1970 g/mol. The van der Waals surface area contributed by atoms with Gasteiger partial charge >= 0.3 is 17.9 Å². The molecule has 4 heterocycles. The van der Waals surface area contributed by atoms with Crippen LogP contribution in [0.25, 0.3) is 43.6 Å². The molecule has 0 unspecified atom stereocenters. The summed E-state index contributed by atoms with van der Waals surface area (Å²) in [5, 5.41) is 35.7. The number of ether oxygens (including phenoxy) is 2. The maximum absolute atomic E-state index is 13.3. The fourth-order valence-corrected chi connectivity index (χ4v) is 20.9. The molecule has 0 saturated heterocycles. The van der Waals surface area contributed by atoms with E-state index in [9.17, 15) is 77.2 Å². The molecule has 4 aromatic heterocycles. The van der Waals surface area contributed by atoms with Gasteiger partial charge in [-0.2, -0.15) is 5.26 Å². The van der Waals surface area contributed by atoms with Crippen molar-refractivity contribution in [2.45, 2.75) is 255 Å². The minimum absolute atomic E-state index is 0. The molecule has 8 aliphatic rings. The van der Waals surface area contributed by atoms with Crippen LogP contribution < -0.4 is 32.7 Å². The number of benzene rings is 4. The number of carboxylic acids is 1. The van der Waals surface area contributed by atoms with E-state index in [2.05, 4.69) is 47.3 Å². The average Bonchev–Trinajstić information content (AvgIpc) is 1.68. The normalized spacial score (nSPS) is 19.7. The third-order valence-corrected chi connectivity index (χ3v) is 29.4. The number of aromatic amines is 4. The number of esters is 2. The van der Waals surface area contributed by atoms with Crippen LogP contribution in [0.3, 0.4) is 0 Å². The summed E-state index contributed by atoms with van der Waals surface area (Å²) in [5.74, 6) is -4.94. The Morgan fingerprint density at radius 2 is 0.655 bits per heavy atom. The van der Waals surface area contributed by atoms with Gasteiger partial charge in [-0.1, -0.05) is 170 Å². The molecule has 29 nitrogen and oxygen atoms in total. The summed E-state index contributed by atoms with van der Waals surface area (Å²) < 4.78 is 9.67. The molecule has 748 valence electrons. The Morgan fingerprint density at radius 1 is 0.381 bits per heavy atom. The monoisotopic (exact) mass is 2090 g/mol. The van der Waals surface area contributed by atoms with Gasteiger partial charge in [0.1, 0.15) is 53.0 Å². The Hall–Kier alpha value is -9.45. The van der Waals surface area contributed by atoms with Gasteiger partial charge in [-0.3, -0.25) is 57.5 Å². The topological polar surface area (TPSA) is 482 Å². The maximum Gasteiger partial charge on any atom is 0.352 e. The number of nitrogens with zero attached hydrogens (tertiary/aromatic N) is 1. The third-order valence-electron chi connectivity index (χ3n) is 27.3. The first kappa shape index (κ1) is 110. The molecule has 8 saturated carbocycles. The highest BCUT2D eigenvalue weighted by Crippen LogP contribution is 2.43. The minimum Gasteiger partial charge on any atom is -0.477 e. The van der Waals surface area contributed by atoms with E-state index in [0.29, 0.717) is 202 Å². The summed E-state index contributed by atoms with van der Waals surface area (Å²) in [4.78, 5) is 199. The lowest BCUT2D eigenvalue weighted by atomic mass is 9.83. The van der Waals surface area contributed by atoms with Gasteiger partial charge in [-0.05, 0) is 199 Å². The SMILES string of the molecule is COC(=O)[C@H](C[C@@H]1CCCCC1=O)NC(=O)[C@@H](CC(=O)c1cc2c(Cl)cc(Cl)cc2[nH]1)CC1CC1.COC(=O)[C@H](C[C@@H]1CCCCC1=O)NC(=O)[C@@H](N)CC1CC1.Cl.N#C[C@H](C[C@@H]1CCCCC1=O)NC(=O)[C@@H](CC(=O)c1cc2c(Cl)cc(Cl)cc2[nH]1)CC1CC1.NC(=O)[C@H](C[C@@H]1CCCCC1=O)NC(=O)[C@@H](CC(=O)c1cc2c(Cl)cc(Cl)cc2[nH]1)CC1CC1.O=C(O)c1cc2c(Cl)cc(Cl)cc2[nH]1. The zero-order valence-corrected chi connectivity index (χ0v) is 84.2. The van der Waals surface area contributed by atoms with E-state index in [1.165, 1.54) is 20.3 Å². The zero-order valence-electron chi connectivity index (χ0n) is 77.3. The van der Waals surface area contributed by atoms with E-state index in [0.717, 1.165) is 116 Å². The number of primary amides is 1. The number of amides is 5. The quantitative estimate of drug-likeness (QED) is 0.0127. The standard InChI is InChI=1S/C26H30Cl2N2O5.C25H29Cl2N3O4.C25H27Cl2N3O3.C16H26N2O4.C9H5Cl2NO2.ClH/c1-35-26(34)22(9-15-4-2-3-5-23(15)31)30-25(33)16(8-14-6-7-14)10-24(32)21-13-18-19(28)11-17(27)12-20(18)29-21;26-16-10-18(27)17-12-20(29-19(17)11-16)23(32)9-15(7-13-5-6-13)25(34)30-21(24(28)33)8-14-3-1-2-4-22(14)31;26-17-10-20(27)19-12-22(30-21(19)11-17)24(32)9-16(7-14-5-6-14)25(33)29-18(13-28)8-15-3-1-2-4-23(15)31;1-22-16(21)13(9-11-4-2-3-5-14(11)19)18-15(20)12(17)8-10-6-7-10;10-4-1-6(11)5-3-8(9(13)14)12-7(5)2-4;/h11-16,22,29H,2-10H2,1H3,(H,30,33);10-15,21,29H,1-9H2,(H2,28,33)(H,30,34);10-12,14-16,18,30H,1-9H2,(H,29,33);10-13H,2-9,17H2,1H3,(H,18,20);1-3,12H,(H,13,14);1H/t15-,16+,22-;14-,15+,21-;15-,16+,18-;11-,12-,13-;;/m0000../s1. The van der Waals surface area contributed by atoms with E-state index in [4.69, 9.17) is 119 Å². The highest BCUT2D eigenvalue weighted by Gasteiger charge is 2.41. The first-order chi connectivity index (χ1) is 65.9. The number of nitriles is 1. The van der Waals surface area contributed by atoms with Crippen molar-refractivity contribution in [1.29, 1.82) is 5.26 Å². The summed E-state index contributed by atoms with van der Waals surface area (Å²) in [7, 11) is 2.55. The molecule has 16 rings (SSSR count). The highest BCUT2D eigenvalue weighted by atomic mass is 35.5. The number of nitrogens with two attached hydrogens (primary N) is 2. The summed E-state index contributed by atoms with van der Waals surface area (Å²) in [5.41, 5.74) is 15.2. The van der Waals surface area contributed by atoms with Crippen molar-refractivity contribution in [2.75, 3.05) is 14.2 Å². The predicted molar refractivity (Wildman–Crippen MR) is 535 cm³/mol. The van der Waals surface area contributed by atoms with Crippen LogP contribution in [0, 0.1) is 76.4 Å². The van der Waals surface area contributed by atoms with Crippen LogP contribution >= 0.6 is 105 Å². The average molecular weight is 2090 g/mol.